The second kappa shape index (κ2) is 6.92. The summed E-state index contributed by atoms with van der Waals surface area (Å²) in [5.74, 6) is 0.612. The molecule has 0 aliphatic heterocycles. The minimum Gasteiger partial charge on any atom is -0.362 e. The fourth-order valence-corrected chi connectivity index (χ4v) is 3.64. The zero-order valence-electron chi connectivity index (χ0n) is 14.5. The molecule has 1 unspecified atom stereocenters. The Morgan fingerprint density at radius 2 is 1.83 bits per heavy atom. The van der Waals surface area contributed by atoms with E-state index < -0.39 is 8.07 Å². The molecular weight excluding hydrogens is 300 g/mol. The third-order valence-electron chi connectivity index (χ3n) is 4.00. The number of nitrogens with one attached hydrogen (secondary N) is 1. The van der Waals surface area contributed by atoms with Crippen LogP contribution in [0, 0.1) is 11.3 Å². The maximum atomic E-state index is 9.37. The van der Waals surface area contributed by atoms with Gasteiger partial charge in [0.05, 0.1) is 13.8 Å². The van der Waals surface area contributed by atoms with E-state index >= 15 is 0 Å². The second-order valence-corrected chi connectivity index (χ2v) is 11.8. The van der Waals surface area contributed by atoms with Gasteiger partial charge in [0.1, 0.15) is 23.8 Å². The molecule has 1 atom stereocenters. The van der Waals surface area contributed by atoms with Crippen molar-refractivity contribution >= 4 is 19.1 Å². The van der Waals surface area contributed by atoms with Gasteiger partial charge in [0.2, 0.25) is 0 Å². The molecule has 4 nitrogen and oxygen atoms in total. The molecule has 1 aromatic heterocycles. The molecule has 0 fully saturated rings. The van der Waals surface area contributed by atoms with Gasteiger partial charge in [-0.25, -0.2) is 9.97 Å². The highest BCUT2D eigenvalue weighted by atomic mass is 28.3. The van der Waals surface area contributed by atoms with Crippen LogP contribution in [0.4, 0.5) is 5.82 Å². The molecule has 0 saturated heterocycles. The molecule has 5 heteroatoms. The number of aromatic nitrogens is 2. The van der Waals surface area contributed by atoms with Crippen LogP contribution in [0.15, 0.2) is 30.6 Å². The minimum atomic E-state index is -1.28. The summed E-state index contributed by atoms with van der Waals surface area (Å²) in [6, 6.07) is 11.1. The molecule has 0 aliphatic rings. The maximum Gasteiger partial charge on any atom is 0.148 e. The Labute approximate surface area is 139 Å². The van der Waals surface area contributed by atoms with Crippen molar-refractivity contribution < 1.29 is 0 Å². The molecule has 0 spiro atoms. The van der Waals surface area contributed by atoms with Gasteiger partial charge in [0, 0.05) is 6.04 Å². The summed E-state index contributed by atoms with van der Waals surface area (Å²) < 4.78 is 0. The van der Waals surface area contributed by atoms with Crippen molar-refractivity contribution in [1.82, 2.24) is 9.97 Å². The van der Waals surface area contributed by atoms with E-state index in [9.17, 15) is 5.26 Å². The Bertz CT molecular complexity index is 711. The molecular formula is C18H24N4Si. The van der Waals surface area contributed by atoms with Gasteiger partial charge in [-0.2, -0.15) is 5.26 Å². The van der Waals surface area contributed by atoms with Crippen molar-refractivity contribution in [3.63, 3.8) is 0 Å². The molecule has 1 heterocycles. The van der Waals surface area contributed by atoms with E-state index in [1.54, 1.807) is 0 Å². The fourth-order valence-electron chi connectivity index (χ4n) is 2.48. The largest absolute Gasteiger partial charge is 0.362 e. The quantitative estimate of drug-likeness (QED) is 0.853. The molecule has 1 aromatic carbocycles. The summed E-state index contributed by atoms with van der Waals surface area (Å²) in [6.45, 7) is 11.1. The van der Waals surface area contributed by atoms with Crippen molar-refractivity contribution in [3.8, 4) is 6.07 Å². The summed E-state index contributed by atoms with van der Waals surface area (Å²) in [7, 11) is -1.28. The average Bonchev–Trinajstić information content (AvgIpc) is 2.53. The first kappa shape index (κ1) is 17.2. The summed E-state index contributed by atoms with van der Waals surface area (Å²) >= 11 is 0. The van der Waals surface area contributed by atoms with E-state index in [-0.39, 0.29) is 6.04 Å². The standard InChI is InChI=1S/C18H24N4Si/c1-6-17-16(11-19)18(21-12-20-17)22-13(2)14-7-9-15(10-8-14)23(3,4)5/h7-10,12-13H,6H2,1-5H3,(H,20,21,22). The van der Waals surface area contributed by atoms with Gasteiger partial charge in [0.25, 0.3) is 0 Å². The lowest BCUT2D eigenvalue weighted by molar-refractivity contribution is 0.864. The van der Waals surface area contributed by atoms with Crippen LogP contribution in [0.5, 0.6) is 0 Å². The molecule has 2 aromatic rings. The van der Waals surface area contributed by atoms with Crippen LogP contribution >= 0.6 is 0 Å². The number of hydrogen-bond donors (Lipinski definition) is 1. The van der Waals surface area contributed by atoms with Crippen molar-refractivity contribution in [2.45, 2.75) is 46.0 Å². The fraction of sp³-hybridized carbons (Fsp3) is 0.389. The topological polar surface area (TPSA) is 61.6 Å². The number of hydrogen-bond acceptors (Lipinski definition) is 4. The molecule has 23 heavy (non-hydrogen) atoms. The number of rotatable bonds is 5. The van der Waals surface area contributed by atoms with Crippen molar-refractivity contribution in [3.05, 3.63) is 47.4 Å². The first-order valence-corrected chi connectivity index (χ1v) is 11.5. The third-order valence-corrected chi connectivity index (χ3v) is 6.07. The molecule has 0 amide bonds. The van der Waals surface area contributed by atoms with Crippen molar-refractivity contribution in [2.75, 3.05) is 5.32 Å². The summed E-state index contributed by atoms with van der Waals surface area (Å²) in [5, 5.41) is 14.2. The van der Waals surface area contributed by atoms with E-state index in [0.717, 1.165) is 12.1 Å². The van der Waals surface area contributed by atoms with E-state index in [4.69, 9.17) is 0 Å². The van der Waals surface area contributed by atoms with Crippen LogP contribution < -0.4 is 10.5 Å². The maximum absolute atomic E-state index is 9.37. The number of aryl methyl sites for hydroxylation is 1. The normalized spacial score (nSPS) is 12.5. The van der Waals surface area contributed by atoms with Gasteiger partial charge in [-0.1, -0.05) is 56.0 Å². The number of nitrogens with zero attached hydrogens (tertiary/aromatic N) is 3. The van der Waals surface area contributed by atoms with Gasteiger partial charge < -0.3 is 5.32 Å². The van der Waals surface area contributed by atoms with Crippen LogP contribution in [-0.4, -0.2) is 18.0 Å². The zero-order valence-corrected chi connectivity index (χ0v) is 15.5. The van der Waals surface area contributed by atoms with E-state index in [0.29, 0.717) is 11.4 Å². The lowest BCUT2D eigenvalue weighted by Gasteiger charge is -2.20. The lowest BCUT2D eigenvalue weighted by Crippen LogP contribution is -2.37. The Balaban J connectivity index is 2.23. The molecule has 1 N–H and O–H groups in total. The zero-order chi connectivity index (χ0) is 17.0. The van der Waals surface area contributed by atoms with Crippen LogP contribution in [0.25, 0.3) is 0 Å². The summed E-state index contributed by atoms with van der Waals surface area (Å²) in [4.78, 5) is 8.42. The minimum absolute atomic E-state index is 0.0809. The first-order chi connectivity index (χ1) is 10.9. The SMILES string of the molecule is CCc1ncnc(NC(C)c2ccc([Si](C)(C)C)cc2)c1C#N. The molecule has 2 rings (SSSR count). The van der Waals surface area contributed by atoms with Crippen LogP contribution in [0.2, 0.25) is 19.6 Å². The summed E-state index contributed by atoms with van der Waals surface area (Å²) in [6.07, 6.45) is 2.24. The van der Waals surface area contributed by atoms with Crippen LogP contribution in [0.3, 0.4) is 0 Å². The van der Waals surface area contributed by atoms with E-state index in [1.165, 1.54) is 17.1 Å². The highest BCUT2D eigenvalue weighted by molar-refractivity contribution is 6.88. The Morgan fingerprint density at radius 3 is 2.35 bits per heavy atom. The second-order valence-electron chi connectivity index (χ2n) is 6.75. The molecule has 0 saturated carbocycles. The number of benzene rings is 1. The lowest BCUT2D eigenvalue weighted by atomic mass is 10.1. The van der Waals surface area contributed by atoms with Gasteiger partial charge >= 0.3 is 0 Å². The van der Waals surface area contributed by atoms with Gasteiger partial charge in [-0.3, -0.25) is 0 Å². The van der Waals surface area contributed by atoms with Gasteiger partial charge in [-0.05, 0) is 18.9 Å². The van der Waals surface area contributed by atoms with Crippen molar-refractivity contribution in [2.24, 2.45) is 0 Å². The predicted molar refractivity (Wildman–Crippen MR) is 97.6 cm³/mol. The molecule has 0 radical (unpaired) electrons. The van der Waals surface area contributed by atoms with Gasteiger partial charge in [0.15, 0.2) is 0 Å². The molecule has 120 valence electrons. The monoisotopic (exact) mass is 324 g/mol. The van der Waals surface area contributed by atoms with E-state index in [2.05, 4.69) is 72.2 Å². The van der Waals surface area contributed by atoms with Crippen LogP contribution in [-0.2, 0) is 6.42 Å². The van der Waals surface area contributed by atoms with Crippen molar-refractivity contribution in [1.29, 1.82) is 5.26 Å². The smallest absolute Gasteiger partial charge is 0.148 e. The number of anilines is 1. The third kappa shape index (κ3) is 3.96. The van der Waals surface area contributed by atoms with Crippen LogP contribution in [0.1, 0.15) is 36.7 Å². The van der Waals surface area contributed by atoms with E-state index in [1.807, 2.05) is 6.92 Å². The van der Waals surface area contributed by atoms with Gasteiger partial charge in [-0.15, -0.1) is 0 Å². The Hall–Kier alpha value is -2.19. The Morgan fingerprint density at radius 1 is 1.17 bits per heavy atom. The molecule has 0 aliphatic carbocycles. The highest BCUT2D eigenvalue weighted by Crippen LogP contribution is 2.21. The number of nitriles is 1. The predicted octanol–water partition coefficient (Wildman–Crippen LogP) is 3.63. The Kier molecular flexibility index (Phi) is 5.17. The summed E-state index contributed by atoms with van der Waals surface area (Å²) in [5.41, 5.74) is 2.51. The first-order valence-electron chi connectivity index (χ1n) is 7.97. The highest BCUT2D eigenvalue weighted by Gasteiger charge is 2.17. The average molecular weight is 325 g/mol. The molecule has 0 bridgehead atoms.